The molecule has 1 aromatic carbocycles. The third-order valence-corrected chi connectivity index (χ3v) is 4.06. The van der Waals surface area contributed by atoms with Crippen molar-refractivity contribution >= 4 is 29.9 Å². The SMILES string of the molecule is Cc1csc(CCNC(=O)c2cc(S)ccc2C)n1. The Kier molecular flexibility index (Phi) is 4.61. The lowest BCUT2D eigenvalue weighted by molar-refractivity contribution is 0.0953. The minimum absolute atomic E-state index is 0.0540. The fraction of sp³-hybridized carbons (Fsp3) is 0.286. The van der Waals surface area contributed by atoms with Gasteiger partial charge in [-0.2, -0.15) is 0 Å². The van der Waals surface area contributed by atoms with Gasteiger partial charge in [-0.1, -0.05) is 6.07 Å². The van der Waals surface area contributed by atoms with E-state index in [2.05, 4.69) is 22.9 Å². The minimum Gasteiger partial charge on any atom is -0.352 e. The summed E-state index contributed by atoms with van der Waals surface area (Å²) in [6.45, 7) is 4.49. The van der Waals surface area contributed by atoms with Crippen molar-refractivity contribution in [1.29, 1.82) is 0 Å². The molecule has 0 saturated heterocycles. The van der Waals surface area contributed by atoms with Crippen LogP contribution >= 0.6 is 24.0 Å². The van der Waals surface area contributed by atoms with Crippen LogP contribution < -0.4 is 5.32 Å². The number of amides is 1. The third kappa shape index (κ3) is 3.81. The molecule has 1 heterocycles. The van der Waals surface area contributed by atoms with E-state index in [-0.39, 0.29) is 5.91 Å². The van der Waals surface area contributed by atoms with Crippen molar-refractivity contribution in [3.05, 3.63) is 45.4 Å². The molecule has 1 N–H and O–H groups in total. The Morgan fingerprint density at radius 1 is 1.42 bits per heavy atom. The lowest BCUT2D eigenvalue weighted by atomic mass is 10.1. The van der Waals surface area contributed by atoms with Crippen molar-refractivity contribution in [3.63, 3.8) is 0 Å². The molecule has 5 heteroatoms. The smallest absolute Gasteiger partial charge is 0.251 e. The first-order valence-corrected chi connectivity index (χ1v) is 7.38. The molecule has 1 amide bonds. The van der Waals surface area contributed by atoms with E-state index in [1.807, 2.05) is 31.4 Å². The number of carbonyl (C=O) groups is 1. The predicted octanol–water partition coefficient (Wildman–Crippen LogP) is 3.02. The number of aromatic nitrogens is 1. The zero-order chi connectivity index (χ0) is 13.8. The summed E-state index contributed by atoms with van der Waals surface area (Å²) in [5.41, 5.74) is 2.67. The van der Waals surface area contributed by atoms with Crippen molar-refractivity contribution < 1.29 is 4.79 Å². The van der Waals surface area contributed by atoms with Gasteiger partial charge >= 0.3 is 0 Å². The lowest BCUT2D eigenvalue weighted by Crippen LogP contribution is -2.26. The molecule has 0 saturated carbocycles. The van der Waals surface area contributed by atoms with Gasteiger partial charge in [0.15, 0.2) is 0 Å². The van der Waals surface area contributed by atoms with Crippen molar-refractivity contribution in [3.8, 4) is 0 Å². The first-order chi connectivity index (χ1) is 9.06. The van der Waals surface area contributed by atoms with E-state index >= 15 is 0 Å². The summed E-state index contributed by atoms with van der Waals surface area (Å²) >= 11 is 5.89. The molecule has 19 heavy (non-hydrogen) atoms. The van der Waals surface area contributed by atoms with Crippen LogP contribution in [0.4, 0.5) is 0 Å². The van der Waals surface area contributed by atoms with Crippen molar-refractivity contribution in [1.82, 2.24) is 10.3 Å². The standard InChI is InChI=1S/C14H16N2OS2/c1-9-3-4-11(18)7-12(9)14(17)15-6-5-13-16-10(2)8-19-13/h3-4,7-8,18H,5-6H2,1-2H3,(H,15,17). The molecule has 0 atom stereocenters. The maximum absolute atomic E-state index is 12.1. The van der Waals surface area contributed by atoms with Gasteiger partial charge in [-0.3, -0.25) is 4.79 Å². The molecule has 0 aliphatic rings. The number of hydrogen-bond acceptors (Lipinski definition) is 4. The van der Waals surface area contributed by atoms with E-state index in [9.17, 15) is 4.79 Å². The van der Waals surface area contributed by atoms with Gasteiger partial charge in [-0.15, -0.1) is 24.0 Å². The molecule has 0 bridgehead atoms. The summed E-state index contributed by atoms with van der Waals surface area (Å²) < 4.78 is 0. The second-order valence-corrected chi connectivity index (χ2v) is 5.85. The number of rotatable bonds is 4. The van der Waals surface area contributed by atoms with Crippen molar-refractivity contribution in [2.45, 2.75) is 25.2 Å². The molecule has 3 nitrogen and oxygen atoms in total. The van der Waals surface area contributed by atoms with E-state index in [0.717, 1.165) is 27.6 Å². The first kappa shape index (κ1) is 14.1. The summed E-state index contributed by atoms with van der Waals surface area (Å²) in [6, 6.07) is 5.58. The summed E-state index contributed by atoms with van der Waals surface area (Å²) in [5.74, 6) is -0.0540. The molecule has 0 fully saturated rings. The Morgan fingerprint density at radius 2 is 2.21 bits per heavy atom. The highest BCUT2D eigenvalue weighted by molar-refractivity contribution is 7.80. The highest BCUT2D eigenvalue weighted by atomic mass is 32.1. The van der Waals surface area contributed by atoms with Crippen molar-refractivity contribution in [2.75, 3.05) is 6.54 Å². The predicted molar refractivity (Wildman–Crippen MR) is 81.3 cm³/mol. The van der Waals surface area contributed by atoms with Crippen LogP contribution in [-0.2, 0) is 6.42 Å². The molecule has 0 spiro atoms. The second-order valence-electron chi connectivity index (χ2n) is 4.39. The average molecular weight is 292 g/mol. The zero-order valence-corrected chi connectivity index (χ0v) is 12.6. The molecular weight excluding hydrogens is 276 g/mol. The van der Waals surface area contributed by atoms with Gasteiger partial charge in [0, 0.05) is 34.5 Å². The van der Waals surface area contributed by atoms with Crippen molar-refractivity contribution in [2.24, 2.45) is 0 Å². The number of thiazole rings is 1. The number of hydrogen-bond donors (Lipinski definition) is 2. The molecule has 0 radical (unpaired) electrons. The van der Waals surface area contributed by atoms with Gasteiger partial charge in [0.25, 0.3) is 5.91 Å². The summed E-state index contributed by atoms with van der Waals surface area (Å²) in [5, 5.41) is 5.99. The fourth-order valence-electron chi connectivity index (χ4n) is 1.75. The molecule has 100 valence electrons. The molecular formula is C14H16N2OS2. The van der Waals surface area contributed by atoms with E-state index in [1.54, 1.807) is 17.4 Å². The van der Waals surface area contributed by atoms with Crippen LogP contribution in [0.3, 0.4) is 0 Å². The number of benzene rings is 1. The number of carbonyl (C=O) groups excluding carboxylic acids is 1. The van der Waals surface area contributed by atoms with Gasteiger partial charge in [0.1, 0.15) is 0 Å². The Balaban J connectivity index is 1.92. The molecule has 0 unspecified atom stereocenters. The van der Waals surface area contributed by atoms with Crippen LogP contribution in [0, 0.1) is 13.8 Å². The van der Waals surface area contributed by atoms with Crippen LogP contribution in [0.15, 0.2) is 28.5 Å². The Bertz CT molecular complexity index is 593. The van der Waals surface area contributed by atoms with E-state index < -0.39 is 0 Å². The topological polar surface area (TPSA) is 42.0 Å². The second kappa shape index (κ2) is 6.21. The summed E-state index contributed by atoms with van der Waals surface area (Å²) in [6.07, 6.45) is 0.768. The average Bonchev–Trinajstić information content (AvgIpc) is 2.78. The molecule has 0 aliphatic heterocycles. The zero-order valence-electron chi connectivity index (χ0n) is 10.9. The van der Waals surface area contributed by atoms with E-state index in [1.165, 1.54) is 0 Å². The summed E-state index contributed by atoms with van der Waals surface area (Å²) in [4.78, 5) is 17.2. The first-order valence-electron chi connectivity index (χ1n) is 6.05. The monoisotopic (exact) mass is 292 g/mol. The normalized spacial score (nSPS) is 10.5. The number of thiol groups is 1. The number of nitrogens with one attached hydrogen (secondary N) is 1. The quantitative estimate of drug-likeness (QED) is 0.851. The number of aryl methyl sites for hydroxylation is 2. The maximum Gasteiger partial charge on any atom is 0.251 e. The lowest BCUT2D eigenvalue weighted by Gasteiger charge is -2.07. The Hall–Kier alpha value is -1.33. The molecule has 2 aromatic rings. The highest BCUT2D eigenvalue weighted by Crippen LogP contribution is 2.14. The van der Waals surface area contributed by atoms with Gasteiger partial charge in [0.05, 0.1) is 5.01 Å². The third-order valence-electron chi connectivity index (χ3n) is 2.76. The Morgan fingerprint density at radius 3 is 2.89 bits per heavy atom. The van der Waals surface area contributed by atoms with Crippen LogP contribution in [0.25, 0.3) is 0 Å². The van der Waals surface area contributed by atoms with Crippen LogP contribution in [0.1, 0.15) is 26.6 Å². The Labute approximate surface area is 122 Å². The molecule has 1 aromatic heterocycles. The van der Waals surface area contributed by atoms with Crippen LogP contribution in [0.5, 0.6) is 0 Å². The fourth-order valence-corrected chi connectivity index (χ4v) is 2.73. The van der Waals surface area contributed by atoms with E-state index in [0.29, 0.717) is 12.1 Å². The van der Waals surface area contributed by atoms with E-state index in [4.69, 9.17) is 0 Å². The highest BCUT2D eigenvalue weighted by Gasteiger charge is 2.09. The van der Waals surface area contributed by atoms with Gasteiger partial charge in [0.2, 0.25) is 0 Å². The van der Waals surface area contributed by atoms with Crippen LogP contribution in [0.2, 0.25) is 0 Å². The van der Waals surface area contributed by atoms with Crippen LogP contribution in [-0.4, -0.2) is 17.4 Å². The molecule has 2 rings (SSSR count). The van der Waals surface area contributed by atoms with Gasteiger partial charge in [-0.25, -0.2) is 4.98 Å². The number of nitrogens with zero attached hydrogens (tertiary/aromatic N) is 1. The largest absolute Gasteiger partial charge is 0.352 e. The maximum atomic E-state index is 12.1. The van der Waals surface area contributed by atoms with Gasteiger partial charge in [-0.05, 0) is 31.5 Å². The summed E-state index contributed by atoms with van der Waals surface area (Å²) in [7, 11) is 0. The molecule has 0 aliphatic carbocycles. The minimum atomic E-state index is -0.0540. The van der Waals surface area contributed by atoms with Gasteiger partial charge < -0.3 is 5.32 Å².